The van der Waals surface area contributed by atoms with Crippen molar-refractivity contribution >= 4 is 11.8 Å². The van der Waals surface area contributed by atoms with Crippen molar-refractivity contribution in [3.05, 3.63) is 35.4 Å². The molecule has 0 aliphatic heterocycles. The third kappa shape index (κ3) is 4.82. The van der Waals surface area contributed by atoms with Crippen LogP contribution in [-0.4, -0.2) is 24.4 Å². The van der Waals surface area contributed by atoms with Gasteiger partial charge in [-0.15, -0.1) is 0 Å². The Labute approximate surface area is 143 Å². The van der Waals surface area contributed by atoms with Gasteiger partial charge in [-0.05, 0) is 42.7 Å². The van der Waals surface area contributed by atoms with Crippen LogP contribution in [0.4, 0.5) is 0 Å². The van der Waals surface area contributed by atoms with E-state index in [0.29, 0.717) is 6.42 Å². The summed E-state index contributed by atoms with van der Waals surface area (Å²) in [5.41, 5.74) is 2.53. The van der Waals surface area contributed by atoms with Gasteiger partial charge < -0.3 is 10.6 Å². The number of carbonyl (C=O) groups is 2. The highest BCUT2D eigenvalue weighted by Gasteiger charge is 2.28. The highest BCUT2D eigenvalue weighted by atomic mass is 16.2. The Morgan fingerprint density at radius 3 is 2.67 bits per heavy atom. The molecular formula is C19H25N3O2. The fourth-order valence-electron chi connectivity index (χ4n) is 3.16. The molecule has 2 rings (SSSR count). The van der Waals surface area contributed by atoms with Crippen LogP contribution in [0.25, 0.3) is 0 Å². The predicted octanol–water partition coefficient (Wildman–Crippen LogP) is 1.96. The third-order valence-corrected chi connectivity index (χ3v) is 4.40. The second kappa shape index (κ2) is 8.49. The summed E-state index contributed by atoms with van der Waals surface area (Å²) >= 11 is 0. The Morgan fingerprint density at radius 2 is 2.00 bits per heavy atom. The van der Waals surface area contributed by atoms with E-state index in [1.165, 1.54) is 11.1 Å². The van der Waals surface area contributed by atoms with Crippen LogP contribution in [0, 0.1) is 23.2 Å². The first kappa shape index (κ1) is 18.0. The highest BCUT2D eigenvalue weighted by molar-refractivity contribution is 5.88. The molecule has 1 unspecified atom stereocenters. The average molecular weight is 327 g/mol. The summed E-state index contributed by atoms with van der Waals surface area (Å²) in [6.07, 6.45) is 2.98. The molecule has 2 atom stereocenters. The lowest BCUT2D eigenvalue weighted by atomic mass is 9.83. The number of aryl methyl sites for hydroxylation is 1. The van der Waals surface area contributed by atoms with Crippen LogP contribution in [-0.2, 0) is 22.4 Å². The standard InChI is InChI=1S/C19H25N3O2/c1-13(2)11-17(19(24)21-10-9-20)22-18(23)16-8-7-14-5-3-4-6-15(14)12-16/h3-6,13,16-17H,7-8,10-12H2,1-2H3,(H,21,24)(H,22,23)/t16?,17-/m0/s1. The number of nitriles is 1. The van der Waals surface area contributed by atoms with Crippen molar-refractivity contribution < 1.29 is 9.59 Å². The molecule has 128 valence electrons. The molecule has 0 aromatic heterocycles. The van der Waals surface area contributed by atoms with E-state index in [9.17, 15) is 9.59 Å². The van der Waals surface area contributed by atoms with Gasteiger partial charge in [0.15, 0.2) is 0 Å². The number of nitrogens with zero attached hydrogens (tertiary/aromatic N) is 1. The molecule has 0 fully saturated rings. The second-order valence-corrected chi connectivity index (χ2v) is 6.78. The monoisotopic (exact) mass is 327 g/mol. The molecule has 5 heteroatoms. The minimum absolute atomic E-state index is 0.0416. The molecule has 2 amide bonds. The maximum Gasteiger partial charge on any atom is 0.243 e. The van der Waals surface area contributed by atoms with Gasteiger partial charge in [0.2, 0.25) is 11.8 Å². The Morgan fingerprint density at radius 1 is 1.29 bits per heavy atom. The fourth-order valence-corrected chi connectivity index (χ4v) is 3.16. The maximum absolute atomic E-state index is 12.6. The second-order valence-electron chi connectivity index (χ2n) is 6.78. The first-order valence-electron chi connectivity index (χ1n) is 8.53. The van der Waals surface area contributed by atoms with Gasteiger partial charge in [-0.2, -0.15) is 5.26 Å². The largest absolute Gasteiger partial charge is 0.344 e. The Bertz CT molecular complexity index is 634. The van der Waals surface area contributed by atoms with Gasteiger partial charge >= 0.3 is 0 Å². The average Bonchev–Trinajstić information content (AvgIpc) is 2.58. The zero-order valence-corrected chi connectivity index (χ0v) is 14.3. The van der Waals surface area contributed by atoms with Crippen LogP contribution >= 0.6 is 0 Å². The number of benzene rings is 1. The van der Waals surface area contributed by atoms with Crippen LogP contribution in [0.1, 0.15) is 37.8 Å². The number of hydrogen-bond donors (Lipinski definition) is 2. The summed E-state index contributed by atoms with van der Waals surface area (Å²) in [6, 6.07) is 9.51. The molecule has 1 aromatic rings. The molecule has 2 N–H and O–H groups in total. The smallest absolute Gasteiger partial charge is 0.243 e. The van der Waals surface area contributed by atoms with E-state index in [4.69, 9.17) is 5.26 Å². The zero-order valence-electron chi connectivity index (χ0n) is 14.3. The highest BCUT2D eigenvalue weighted by Crippen LogP contribution is 2.25. The molecule has 0 saturated heterocycles. The van der Waals surface area contributed by atoms with Crippen molar-refractivity contribution in [2.24, 2.45) is 11.8 Å². The Hall–Kier alpha value is -2.35. The van der Waals surface area contributed by atoms with Crippen molar-refractivity contribution in [1.82, 2.24) is 10.6 Å². The molecule has 1 aromatic carbocycles. The molecule has 0 spiro atoms. The van der Waals surface area contributed by atoms with Gasteiger partial charge in [-0.1, -0.05) is 38.1 Å². The molecule has 0 heterocycles. The number of fused-ring (bicyclic) bond motifs is 1. The number of carbonyl (C=O) groups excluding carboxylic acids is 2. The molecule has 1 aliphatic rings. The molecule has 5 nitrogen and oxygen atoms in total. The summed E-state index contributed by atoms with van der Waals surface area (Å²) in [5, 5.41) is 14.0. The van der Waals surface area contributed by atoms with Crippen LogP contribution in [0.5, 0.6) is 0 Å². The number of rotatable bonds is 6. The van der Waals surface area contributed by atoms with Crippen molar-refractivity contribution in [2.45, 2.75) is 45.6 Å². The molecular weight excluding hydrogens is 302 g/mol. The third-order valence-electron chi connectivity index (χ3n) is 4.40. The molecule has 0 saturated carbocycles. The van der Waals surface area contributed by atoms with E-state index in [0.717, 1.165) is 19.3 Å². The summed E-state index contributed by atoms with van der Waals surface area (Å²) in [4.78, 5) is 24.8. The van der Waals surface area contributed by atoms with Gasteiger partial charge in [-0.3, -0.25) is 9.59 Å². The van der Waals surface area contributed by atoms with Crippen molar-refractivity contribution in [3.8, 4) is 6.07 Å². The predicted molar refractivity (Wildman–Crippen MR) is 92.0 cm³/mol. The molecule has 0 radical (unpaired) electrons. The lowest BCUT2D eigenvalue weighted by molar-refractivity contribution is -0.131. The van der Waals surface area contributed by atoms with Crippen LogP contribution < -0.4 is 10.6 Å². The number of amides is 2. The lowest BCUT2D eigenvalue weighted by Crippen LogP contribution is -2.49. The minimum atomic E-state index is -0.581. The number of nitrogens with one attached hydrogen (secondary N) is 2. The SMILES string of the molecule is CC(C)C[C@H](NC(=O)C1CCc2ccccc2C1)C(=O)NCC#N. The quantitative estimate of drug-likeness (QED) is 0.784. The van der Waals surface area contributed by atoms with E-state index >= 15 is 0 Å². The topological polar surface area (TPSA) is 82.0 Å². The van der Waals surface area contributed by atoms with Gasteiger partial charge in [0, 0.05) is 5.92 Å². The van der Waals surface area contributed by atoms with Gasteiger partial charge in [-0.25, -0.2) is 0 Å². The van der Waals surface area contributed by atoms with Crippen molar-refractivity contribution in [3.63, 3.8) is 0 Å². The number of hydrogen-bond acceptors (Lipinski definition) is 3. The van der Waals surface area contributed by atoms with E-state index in [1.54, 1.807) is 0 Å². The summed E-state index contributed by atoms with van der Waals surface area (Å²) < 4.78 is 0. The Balaban J connectivity index is 2.00. The summed E-state index contributed by atoms with van der Waals surface area (Å²) in [5.74, 6) is -0.175. The van der Waals surface area contributed by atoms with E-state index in [-0.39, 0.29) is 30.2 Å². The van der Waals surface area contributed by atoms with Crippen LogP contribution in [0.15, 0.2) is 24.3 Å². The zero-order chi connectivity index (χ0) is 17.5. The normalized spacial score (nSPS) is 17.5. The van der Waals surface area contributed by atoms with Gasteiger partial charge in [0.1, 0.15) is 12.6 Å². The molecule has 24 heavy (non-hydrogen) atoms. The summed E-state index contributed by atoms with van der Waals surface area (Å²) in [7, 11) is 0. The van der Waals surface area contributed by atoms with E-state index in [1.807, 2.05) is 32.0 Å². The van der Waals surface area contributed by atoms with Crippen molar-refractivity contribution in [1.29, 1.82) is 5.26 Å². The van der Waals surface area contributed by atoms with Gasteiger partial charge in [0.05, 0.1) is 6.07 Å². The first-order chi connectivity index (χ1) is 11.5. The fraction of sp³-hybridized carbons (Fsp3) is 0.526. The van der Waals surface area contributed by atoms with Crippen molar-refractivity contribution in [2.75, 3.05) is 6.54 Å². The maximum atomic E-state index is 12.6. The first-order valence-corrected chi connectivity index (χ1v) is 8.53. The molecule has 0 bridgehead atoms. The minimum Gasteiger partial charge on any atom is -0.344 e. The lowest BCUT2D eigenvalue weighted by Gasteiger charge is -2.26. The summed E-state index contributed by atoms with van der Waals surface area (Å²) in [6.45, 7) is 3.97. The van der Waals surface area contributed by atoms with E-state index < -0.39 is 6.04 Å². The van der Waals surface area contributed by atoms with Crippen LogP contribution in [0.2, 0.25) is 0 Å². The van der Waals surface area contributed by atoms with Crippen LogP contribution in [0.3, 0.4) is 0 Å². The molecule has 1 aliphatic carbocycles. The van der Waals surface area contributed by atoms with E-state index in [2.05, 4.69) is 22.8 Å². The Kier molecular flexibility index (Phi) is 6.36. The van der Waals surface area contributed by atoms with Gasteiger partial charge in [0.25, 0.3) is 0 Å².